The Morgan fingerprint density at radius 3 is 0.986 bits per heavy atom. The molecule has 0 radical (unpaired) electrons. The van der Waals surface area contributed by atoms with Gasteiger partial charge in [-0.15, -0.1) is 0 Å². The predicted octanol–water partition coefficient (Wildman–Crippen LogP) is -2.77. The summed E-state index contributed by atoms with van der Waals surface area (Å²) < 4.78 is 13.1. The van der Waals surface area contributed by atoms with Gasteiger partial charge in [-0.2, -0.15) is 0 Å². The van der Waals surface area contributed by atoms with Gasteiger partial charge < -0.3 is 66.1 Å². The molecule has 17 nitrogen and oxygen atoms in total. The van der Waals surface area contributed by atoms with Gasteiger partial charge in [-0.25, -0.2) is 0 Å². The van der Waals surface area contributed by atoms with Crippen molar-refractivity contribution in [2.75, 3.05) is 27.3 Å². The second kappa shape index (κ2) is 62.9. The smallest absolute Gasteiger partial charge is 0.790 e. The quantitative estimate of drug-likeness (QED) is 0.0136. The maximum Gasteiger partial charge on any atom is 1.00 e. The summed E-state index contributed by atoms with van der Waals surface area (Å²) in [5, 5.41) is 40.0. The molecule has 0 saturated heterocycles. The van der Waals surface area contributed by atoms with Gasteiger partial charge in [0.15, 0.2) is 6.23 Å². The van der Waals surface area contributed by atoms with Crippen molar-refractivity contribution in [3.63, 3.8) is 0 Å². The molecular weight excluding hydrogens is 965 g/mol. The minimum Gasteiger partial charge on any atom is -0.790 e. The molecule has 0 saturated carbocycles. The molecule has 0 aromatic carbocycles. The van der Waals surface area contributed by atoms with Crippen LogP contribution in [0.2, 0.25) is 0 Å². The Balaban J connectivity index is -0.000000117. The number of hydrogen-bond acceptors (Lipinski definition) is 13. The van der Waals surface area contributed by atoms with Crippen LogP contribution in [0, 0.1) is 0 Å². The SMILES string of the molecule is CCC(O)[N+](C)(C)C(CC)(CC(=O)[O-])C(=O)[O-].CCCCCCCCCCCC(N)=O.CCCCCCCCCCCC(N)=O.CCCCCCCCCCCC(N)=O.O=P([O-])([O-])OCCCO.[Na+].[Na+].[Na+]. The van der Waals surface area contributed by atoms with Crippen molar-refractivity contribution in [1.82, 2.24) is 0 Å². The summed E-state index contributed by atoms with van der Waals surface area (Å²) in [4.78, 5) is 72.7. The molecule has 0 spiro atoms. The average Bonchev–Trinajstić information content (AvgIpc) is 3.26. The van der Waals surface area contributed by atoms with E-state index < -0.39 is 37.9 Å². The van der Waals surface area contributed by atoms with Gasteiger partial charge in [0.05, 0.1) is 28.5 Å². The number of carboxylic acids is 2. The summed E-state index contributed by atoms with van der Waals surface area (Å²) in [5.74, 6) is -3.43. The average molecular weight is 1070 g/mol. The van der Waals surface area contributed by atoms with Crippen molar-refractivity contribution in [3.05, 3.63) is 0 Å². The van der Waals surface area contributed by atoms with Crippen LogP contribution in [0.4, 0.5) is 0 Å². The van der Waals surface area contributed by atoms with Crippen LogP contribution < -0.4 is 126 Å². The fourth-order valence-electron chi connectivity index (χ4n) is 7.24. The zero-order valence-electron chi connectivity index (χ0n) is 47.0. The van der Waals surface area contributed by atoms with Crippen LogP contribution in [0.3, 0.4) is 0 Å². The second-order valence-corrected chi connectivity index (χ2v) is 19.3. The molecule has 2 unspecified atom stereocenters. The van der Waals surface area contributed by atoms with Gasteiger partial charge in [0.1, 0.15) is 11.5 Å². The number of phosphoric acid groups is 1. The van der Waals surface area contributed by atoms with Crippen LogP contribution >= 0.6 is 7.82 Å². The molecule has 408 valence electrons. The number of phosphoric ester groups is 1. The van der Waals surface area contributed by atoms with E-state index in [4.69, 9.17) is 22.3 Å². The summed E-state index contributed by atoms with van der Waals surface area (Å²) in [6.07, 6.45) is 35.2. The van der Waals surface area contributed by atoms with Crippen LogP contribution in [-0.2, 0) is 33.1 Å². The number of aliphatic hydroxyl groups excluding tert-OH is 2. The third kappa shape index (κ3) is 66.4. The van der Waals surface area contributed by atoms with E-state index in [1.165, 1.54) is 149 Å². The van der Waals surface area contributed by atoms with Crippen molar-refractivity contribution in [2.24, 2.45) is 17.2 Å². The van der Waals surface area contributed by atoms with Crippen LogP contribution in [0.25, 0.3) is 0 Å². The topological polar surface area (TPSA) is 322 Å². The van der Waals surface area contributed by atoms with E-state index in [9.17, 15) is 53.6 Å². The molecule has 0 heterocycles. The Morgan fingerprint density at radius 1 is 0.535 bits per heavy atom. The Bertz CT molecular complexity index is 1180. The van der Waals surface area contributed by atoms with Gasteiger partial charge in [0.2, 0.25) is 17.7 Å². The van der Waals surface area contributed by atoms with Crippen LogP contribution in [0.1, 0.15) is 253 Å². The molecule has 0 aromatic rings. The van der Waals surface area contributed by atoms with E-state index in [2.05, 4.69) is 25.3 Å². The molecule has 71 heavy (non-hydrogen) atoms. The molecule has 0 fully saturated rings. The molecule has 0 rings (SSSR count). The zero-order chi connectivity index (χ0) is 53.1. The molecule has 8 N–H and O–H groups in total. The van der Waals surface area contributed by atoms with E-state index in [-0.39, 0.29) is 137 Å². The first kappa shape index (κ1) is 88.0. The van der Waals surface area contributed by atoms with Gasteiger partial charge in [-0.3, -0.25) is 18.9 Å². The molecule has 0 aliphatic carbocycles. The van der Waals surface area contributed by atoms with Gasteiger partial charge in [-0.1, -0.05) is 189 Å². The largest absolute Gasteiger partial charge is 1.00 e. The Morgan fingerprint density at radius 2 is 0.803 bits per heavy atom. The molecule has 2 atom stereocenters. The molecular formula is C50H102N4Na3O13P. The van der Waals surface area contributed by atoms with E-state index >= 15 is 0 Å². The standard InChI is InChI=1S/3C12H25NO.C11H21NO5.C3H9O5P.3Na/c3*1-2-3-4-5-6-7-8-9-10-11-12(13)14;1-5-8(13)12(3,4)11(6-2,10(16)17)7-9(14)15;4-2-1-3-8-9(5,6)7;;;/h3*2-11H2,1H3,(H2,13,14);8,13H,5-7H2,1-4H3,(H-,14,15,16,17);4H,1-3H2,(H2,5,6,7);;;/q;;;;;3*+1/p-3. The normalized spacial score (nSPS) is 11.8. The predicted molar refractivity (Wildman–Crippen MR) is 264 cm³/mol. The molecule has 3 amide bonds. The van der Waals surface area contributed by atoms with Crippen molar-refractivity contribution in [2.45, 2.75) is 265 Å². The van der Waals surface area contributed by atoms with Crippen molar-refractivity contribution in [1.29, 1.82) is 0 Å². The van der Waals surface area contributed by atoms with Gasteiger partial charge in [-0.05, 0) is 25.7 Å². The minimum absolute atomic E-state index is 0. The molecule has 0 aromatic heterocycles. The van der Waals surface area contributed by atoms with E-state index in [1.54, 1.807) is 13.8 Å². The summed E-state index contributed by atoms with van der Waals surface area (Å²) in [6.45, 7) is 9.55. The summed E-state index contributed by atoms with van der Waals surface area (Å²) in [7, 11) is -1.84. The number of primary amides is 3. The van der Waals surface area contributed by atoms with Crippen molar-refractivity contribution < 1.29 is 156 Å². The number of aliphatic hydroxyl groups is 2. The number of unbranched alkanes of at least 4 members (excludes halogenated alkanes) is 24. The maximum absolute atomic E-state index is 11.3. The molecule has 21 heteroatoms. The van der Waals surface area contributed by atoms with Gasteiger partial charge in [0, 0.05) is 51.1 Å². The number of carbonyl (C=O) groups excluding carboxylic acids is 5. The maximum atomic E-state index is 11.3. The number of rotatable bonds is 41. The zero-order valence-corrected chi connectivity index (χ0v) is 53.9. The number of likely N-dealkylation sites (N-methyl/N-ethyl adjacent to an activating group) is 1. The number of quaternary nitrogens is 1. The van der Waals surface area contributed by atoms with E-state index in [1.807, 2.05) is 0 Å². The first-order valence-electron chi connectivity index (χ1n) is 26.1. The summed E-state index contributed by atoms with van der Waals surface area (Å²) in [5.41, 5.74) is 13.5. The Labute approximate surface area is 498 Å². The van der Waals surface area contributed by atoms with Gasteiger partial charge in [0.25, 0.3) is 0 Å². The fourth-order valence-corrected chi connectivity index (χ4v) is 7.59. The fraction of sp³-hybridized carbons (Fsp3) is 0.900. The van der Waals surface area contributed by atoms with Crippen LogP contribution in [0.5, 0.6) is 0 Å². The monoisotopic (exact) mass is 1070 g/mol. The Kier molecular flexibility index (Phi) is 77.9. The number of carboxylic acid groups (broad SMARTS) is 2. The van der Waals surface area contributed by atoms with Crippen molar-refractivity contribution in [3.8, 4) is 0 Å². The molecule has 0 aliphatic heterocycles. The number of nitrogens with zero attached hydrogens (tertiary/aromatic N) is 1. The van der Waals surface area contributed by atoms with Crippen LogP contribution in [0.15, 0.2) is 0 Å². The number of nitrogens with two attached hydrogens (primary N) is 3. The Hall–Kier alpha value is 0.340. The number of hydrogen-bond donors (Lipinski definition) is 5. The summed E-state index contributed by atoms with van der Waals surface area (Å²) in [6, 6.07) is 0. The number of aliphatic carboxylic acids is 2. The second-order valence-electron chi connectivity index (χ2n) is 18.1. The van der Waals surface area contributed by atoms with Crippen molar-refractivity contribution >= 4 is 37.5 Å². The summed E-state index contributed by atoms with van der Waals surface area (Å²) >= 11 is 0. The van der Waals surface area contributed by atoms with Gasteiger partial charge >= 0.3 is 88.7 Å². The first-order chi connectivity index (χ1) is 32.0. The molecule has 0 aliphatic rings. The van der Waals surface area contributed by atoms with E-state index in [0.29, 0.717) is 25.7 Å². The minimum atomic E-state index is -4.81. The number of amides is 3. The third-order valence-electron chi connectivity index (χ3n) is 11.7. The molecule has 0 bridgehead atoms. The third-order valence-corrected chi connectivity index (χ3v) is 12.2. The van der Waals surface area contributed by atoms with Crippen LogP contribution in [-0.4, -0.2) is 83.4 Å². The number of carbonyl (C=O) groups is 5. The first-order valence-corrected chi connectivity index (χ1v) is 27.5. The van der Waals surface area contributed by atoms with E-state index in [0.717, 1.165) is 38.5 Å².